The maximum atomic E-state index is 5.67. The molecule has 0 bridgehead atoms. The van der Waals surface area contributed by atoms with Crippen molar-refractivity contribution in [1.82, 2.24) is 20.4 Å². The Kier molecular flexibility index (Phi) is 12.4. The summed E-state index contributed by atoms with van der Waals surface area (Å²) in [7, 11) is 4.01. The van der Waals surface area contributed by atoms with E-state index in [0.717, 1.165) is 37.8 Å². The van der Waals surface area contributed by atoms with Crippen LogP contribution in [-0.4, -0.2) is 82.3 Å². The standard InChI is InChI=1S/C19H33N5O.HI/c1-20-19(22-11-17-25-18-8-4-3-5-9-18)21-10-6-13-24-14-7-12-23(2)15-16-24;/h3-5,8-9H,6-7,10-17H2,1-2H3,(H2,20,21,22);1H. The van der Waals surface area contributed by atoms with E-state index < -0.39 is 0 Å². The van der Waals surface area contributed by atoms with Crippen molar-refractivity contribution in [3.05, 3.63) is 30.3 Å². The first-order valence-corrected chi connectivity index (χ1v) is 9.31. The molecule has 148 valence electrons. The van der Waals surface area contributed by atoms with Gasteiger partial charge in [0, 0.05) is 26.7 Å². The highest BCUT2D eigenvalue weighted by Crippen LogP contribution is 2.07. The summed E-state index contributed by atoms with van der Waals surface area (Å²) in [4.78, 5) is 9.24. The zero-order valence-corrected chi connectivity index (χ0v) is 18.4. The molecule has 1 heterocycles. The second-order valence-corrected chi connectivity index (χ2v) is 6.44. The van der Waals surface area contributed by atoms with Crippen LogP contribution in [-0.2, 0) is 0 Å². The summed E-state index contributed by atoms with van der Waals surface area (Å²) in [5.74, 6) is 1.74. The van der Waals surface area contributed by atoms with Crippen LogP contribution in [0, 0.1) is 0 Å². The van der Waals surface area contributed by atoms with E-state index in [-0.39, 0.29) is 24.0 Å². The molecule has 1 aromatic rings. The fourth-order valence-electron chi connectivity index (χ4n) is 2.91. The van der Waals surface area contributed by atoms with E-state index >= 15 is 0 Å². The molecule has 1 aromatic carbocycles. The van der Waals surface area contributed by atoms with Crippen molar-refractivity contribution in [2.75, 3.05) is 66.5 Å². The predicted octanol–water partition coefficient (Wildman–Crippen LogP) is 1.88. The van der Waals surface area contributed by atoms with Crippen LogP contribution in [0.1, 0.15) is 12.8 Å². The van der Waals surface area contributed by atoms with Crippen LogP contribution in [0.25, 0.3) is 0 Å². The molecule has 1 saturated heterocycles. The molecule has 7 heteroatoms. The third-order valence-corrected chi connectivity index (χ3v) is 4.39. The number of ether oxygens (including phenoxy) is 1. The van der Waals surface area contributed by atoms with Crippen molar-refractivity contribution in [2.45, 2.75) is 12.8 Å². The number of likely N-dealkylation sites (N-methyl/N-ethyl adjacent to an activating group) is 1. The summed E-state index contributed by atoms with van der Waals surface area (Å²) < 4.78 is 5.67. The lowest BCUT2D eigenvalue weighted by molar-refractivity contribution is 0.273. The summed E-state index contributed by atoms with van der Waals surface area (Å²) in [6, 6.07) is 9.87. The lowest BCUT2D eigenvalue weighted by atomic mass is 10.3. The van der Waals surface area contributed by atoms with Crippen LogP contribution in [0.5, 0.6) is 5.75 Å². The molecule has 0 unspecified atom stereocenters. The number of guanidine groups is 1. The molecule has 6 nitrogen and oxygen atoms in total. The van der Waals surface area contributed by atoms with E-state index in [2.05, 4.69) is 32.5 Å². The van der Waals surface area contributed by atoms with Crippen molar-refractivity contribution >= 4 is 29.9 Å². The minimum atomic E-state index is 0. The summed E-state index contributed by atoms with van der Waals surface area (Å²) in [6.07, 6.45) is 2.40. The summed E-state index contributed by atoms with van der Waals surface area (Å²) in [6.45, 7) is 8.22. The minimum absolute atomic E-state index is 0. The molecule has 0 spiro atoms. The zero-order valence-electron chi connectivity index (χ0n) is 16.1. The average molecular weight is 475 g/mol. The number of aliphatic imine (C=N–C) groups is 1. The lowest BCUT2D eigenvalue weighted by Gasteiger charge is -2.20. The molecule has 26 heavy (non-hydrogen) atoms. The molecule has 1 aliphatic rings. The van der Waals surface area contributed by atoms with Gasteiger partial charge in [-0.1, -0.05) is 18.2 Å². The van der Waals surface area contributed by atoms with Crippen LogP contribution in [0.4, 0.5) is 0 Å². The monoisotopic (exact) mass is 475 g/mol. The highest BCUT2D eigenvalue weighted by molar-refractivity contribution is 14.0. The first-order valence-electron chi connectivity index (χ1n) is 9.31. The third kappa shape index (κ3) is 9.59. The van der Waals surface area contributed by atoms with Crippen LogP contribution in [0.3, 0.4) is 0 Å². The highest BCUT2D eigenvalue weighted by Gasteiger charge is 2.11. The quantitative estimate of drug-likeness (QED) is 0.260. The smallest absolute Gasteiger partial charge is 0.191 e. The molecule has 2 rings (SSSR count). The Morgan fingerprint density at radius 2 is 1.85 bits per heavy atom. The number of hydrogen-bond donors (Lipinski definition) is 2. The Morgan fingerprint density at radius 3 is 2.62 bits per heavy atom. The van der Waals surface area contributed by atoms with Crippen molar-refractivity contribution in [1.29, 1.82) is 0 Å². The van der Waals surface area contributed by atoms with Crippen molar-refractivity contribution in [3.63, 3.8) is 0 Å². The molecule has 0 amide bonds. The predicted molar refractivity (Wildman–Crippen MR) is 120 cm³/mol. The van der Waals surface area contributed by atoms with E-state index in [1.54, 1.807) is 7.05 Å². The molecule has 0 aliphatic carbocycles. The Hall–Kier alpha value is -1.06. The van der Waals surface area contributed by atoms with E-state index in [1.165, 1.54) is 32.6 Å². The Labute approximate surface area is 175 Å². The van der Waals surface area contributed by atoms with Crippen molar-refractivity contribution in [2.24, 2.45) is 4.99 Å². The van der Waals surface area contributed by atoms with E-state index in [1.807, 2.05) is 30.3 Å². The average Bonchev–Trinajstić information content (AvgIpc) is 2.85. The minimum Gasteiger partial charge on any atom is -0.492 e. The molecular weight excluding hydrogens is 441 g/mol. The molecule has 0 aromatic heterocycles. The maximum absolute atomic E-state index is 5.67. The zero-order chi connectivity index (χ0) is 17.7. The number of nitrogens with zero attached hydrogens (tertiary/aromatic N) is 3. The summed E-state index contributed by atoms with van der Waals surface area (Å²) >= 11 is 0. The summed E-state index contributed by atoms with van der Waals surface area (Å²) in [5.41, 5.74) is 0. The fraction of sp³-hybridized carbons (Fsp3) is 0.632. The van der Waals surface area contributed by atoms with Crippen LogP contribution in [0.15, 0.2) is 35.3 Å². The van der Waals surface area contributed by atoms with Crippen LogP contribution in [0.2, 0.25) is 0 Å². The van der Waals surface area contributed by atoms with E-state index in [4.69, 9.17) is 4.74 Å². The van der Waals surface area contributed by atoms with Gasteiger partial charge in [0.15, 0.2) is 5.96 Å². The Bertz CT molecular complexity index is 500. The SMILES string of the molecule is CN=C(NCCCN1CCCN(C)CC1)NCCOc1ccccc1.I. The van der Waals surface area contributed by atoms with Gasteiger partial charge in [0.1, 0.15) is 12.4 Å². The molecule has 0 saturated carbocycles. The van der Waals surface area contributed by atoms with Crippen molar-refractivity contribution in [3.8, 4) is 5.75 Å². The second kappa shape index (κ2) is 14.1. The second-order valence-electron chi connectivity index (χ2n) is 6.44. The normalized spacial score (nSPS) is 16.5. The number of para-hydroxylation sites is 1. The first kappa shape index (κ1) is 23.0. The molecule has 0 atom stereocenters. The Morgan fingerprint density at radius 1 is 1.08 bits per heavy atom. The van der Waals surface area contributed by atoms with Crippen LogP contribution >= 0.6 is 24.0 Å². The number of nitrogens with one attached hydrogen (secondary N) is 2. The van der Waals surface area contributed by atoms with Gasteiger partial charge in [-0.25, -0.2) is 0 Å². The van der Waals surface area contributed by atoms with Crippen molar-refractivity contribution < 1.29 is 4.74 Å². The van der Waals surface area contributed by atoms with Gasteiger partial charge in [-0.3, -0.25) is 4.99 Å². The topological polar surface area (TPSA) is 52.1 Å². The molecule has 0 radical (unpaired) electrons. The summed E-state index contributed by atoms with van der Waals surface area (Å²) in [5, 5.41) is 6.67. The van der Waals surface area contributed by atoms with Gasteiger partial charge in [0.2, 0.25) is 0 Å². The molecule has 2 N–H and O–H groups in total. The fourth-order valence-corrected chi connectivity index (χ4v) is 2.91. The van der Waals surface area contributed by atoms with Crippen LogP contribution < -0.4 is 15.4 Å². The highest BCUT2D eigenvalue weighted by atomic mass is 127. The van der Waals surface area contributed by atoms with E-state index in [0.29, 0.717) is 6.61 Å². The maximum Gasteiger partial charge on any atom is 0.191 e. The first-order chi connectivity index (χ1) is 12.3. The van der Waals surface area contributed by atoms with Gasteiger partial charge in [0.25, 0.3) is 0 Å². The Balaban J connectivity index is 0.00000338. The van der Waals surface area contributed by atoms with Gasteiger partial charge in [0.05, 0.1) is 6.54 Å². The molecule has 1 fully saturated rings. The molecule has 1 aliphatic heterocycles. The van der Waals surface area contributed by atoms with Gasteiger partial charge in [-0.05, 0) is 51.7 Å². The largest absolute Gasteiger partial charge is 0.492 e. The number of halogens is 1. The number of benzene rings is 1. The number of hydrogen-bond acceptors (Lipinski definition) is 4. The van der Waals surface area contributed by atoms with Gasteiger partial charge in [-0.15, -0.1) is 24.0 Å². The molecular formula is C19H34IN5O. The van der Waals surface area contributed by atoms with Gasteiger partial charge < -0.3 is 25.2 Å². The van der Waals surface area contributed by atoms with Gasteiger partial charge in [-0.2, -0.15) is 0 Å². The number of rotatable bonds is 8. The lowest BCUT2D eigenvalue weighted by Crippen LogP contribution is -2.40. The van der Waals surface area contributed by atoms with Gasteiger partial charge >= 0.3 is 0 Å². The van der Waals surface area contributed by atoms with E-state index in [9.17, 15) is 0 Å². The third-order valence-electron chi connectivity index (χ3n) is 4.39.